The number of aromatic hydroxyl groups is 2. The van der Waals surface area contributed by atoms with Crippen LogP contribution in [0.3, 0.4) is 0 Å². The van der Waals surface area contributed by atoms with Gasteiger partial charge in [0.05, 0.1) is 0 Å². The van der Waals surface area contributed by atoms with Crippen molar-refractivity contribution in [2.45, 2.75) is 83.9 Å². The molecule has 0 fully saturated rings. The zero-order valence-electron chi connectivity index (χ0n) is 27.5. The van der Waals surface area contributed by atoms with E-state index in [9.17, 15) is 39.0 Å². The Labute approximate surface area is 273 Å². The number of unbranched alkanes of at least 4 members (excludes halogenated alkanes) is 3. The maximum atomic E-state index is 13.3. The Morgan fingerprint density at radius 2 is 1.55 bits per heavy atom. The summed E-state index contributed by atoms with van der Waals surface area (Å²) in [5, 5.41) is 29.7. The van der Waals surface area contributed by atoms with Crippen molar-refractivity contribution in [3.63, 3.8) is 0 Å². The van der Waals surface area contributed by atoms with Crippen molar-refractivity contribution in [3.05, 3.63) is 42.0 Å². The molecule has 1 aromatic heterocycles. The SMILES string of the molecule is [2H]C(=O)OCc1ccc(NC(=O)[C@H](CCCNC(N)=O)NC(=O)[C@@H](NC(=O)CCCCCCC(=O)On2c(O)ccc2O)C(C)C)cc1. The lowest BCUT2D eigenvalue weighted by Gasteiger charge is -2.25. The highest BCUT2D eigenvalue weighted by molar-refractivity contribution is 5.98. The maximum absolute atomic E-state index is 13.3. The van der Waals surface area contributed by atoms with Gasteiger partial charge in [0.15, 0.2) is 1.37 Å². The summed E-state index contributed by atoms with van der Waals surface area (Å²) in [4.78, 5) is 77.8. The van der Waals surface area contributed by atoms with Gasteiger partial charge in [-0.25, -0.2) is 9.59 Å². The van der Waals surface area contributed by atoms with Crippen LogP contribution in [0.2, 0.25) is 0 Å². The minimum atomic E-state index is -1.17. The Bertz CT molecular complexity index is 1380. The van der Waals surface area contributed by atoms with Crippen LogP contribution in [-0.4, -0.2) is 69.7 Å². The Kier molecular flexibility index (Phi) is 15.4. The van der Waals surface area contributed by atoms with Crippen molar-refractivity contribution in [2.75, 3.05) is 11.9 Å². The van der Waals surface area contributed by atoms with Gasteiger partial charge in [-0.1, -0.05) is 38.8 Å². The molecular formula is C31H44N6O10. The third kappa shape index (κ3) is 14.1. The first-order valence-corrected chi connectivity index (χ1v) is 15.2. The Morgan fingerprint density at radius 1 is 0.915 bits per heavy atom. The van der Waals surface area contributed by atoms with E-state index in [4.69, 9.17) is 11.9 Å². The van der Waals surface area contributed by atoms with E-state index in [-0.39, 0.29) is 44.2 Å². The summed E-state index contributed by atoms with van der Waals surface area (Å²) in [5.41, 5.74) is 6.12. The van der Waals surface area contributed by atoms with Crippen LogP contribution in [0, 0.1) is 5.92 Å². The zero-order chi connectivity index (χ0) is 35.6. The predicted molar refractivity (Wildman–Crippen MR) is 168 cm³/mol. The molecular weight excluding hydrogens is 616 g/mol. The van der Waals surface area contributed by atoms with Gasteiger partial charge in [-0.15, -0.1) is 4.73 Å². The van der Waals surface area contributed by atoms with E-state index in [1.165, 1.54) is 12.1 Å². The number of carbonyl (C=O) groups is 6. The second kappa shape index (κ2) is 20.0. The fourth-order valence-electron chi connectivity index (χ4n) is 4.41. The van der Waals surface area contributed by atoms with Crippen molar-refractivity contribution in [1.29, 1.82) is 0 Å². The van der Waals surface area contributed by atoms with Gasteiger partial charge >= 0.3 is 12.0 Å². The van der Waals surface area contributed by atoms with E-state index in [2.05, 4.69) is 26.0 Å². The molecule has 2 aromatic rings. The number of ether oxygens (including phenoxy) is 1. The molecule has 2 atom stereocenters. The first-order chi connectivity index (χ1) is 22.8. The van der Waals surface area contributed by atoms with E-state index in [0.29, 0.717) is 48.1 Å². The largest absolute Gasteiger partial charge is 0.492 e. The molecule has 5 amide bonds. The molecule has 0 saturated heterocycles. The summed E-state index contributed by atoms with van der Waals surface area (Å²) >= 11 is 0. The molecule has 47 heavy (non-hydrogen) atoms. The highest BCUT2D eigenvalue weighted by Gasteiger charge is 2.28. The average molecular weight is 662 g/mol. The molecule has 258 valence electrons. The van der Waals surface area contributed by atoms with Crippen LogP contribution in [-0.2, 0) is 35.3 Å². The average Bonchev–Trinajstić information content (AvgIpc) is 3.34. The van der Waals surface area contributed by atoms with Gasteiger partial charge in [-0.2, -0.15) is 0 Å². The van der Waals surface area contributed by atoms with Gasteiger partial charge in [-0.05, 0) is 49.3 Å². The molecule has 2 rings (SSSR count). The van der Waals surface area contributed by atoms with Gasteiger partial charge in [0.25, 0.3) is 6.45 Å². The number of primary amides is 1. The minimum Gasteiger partial charge on any atom is -0.492 e. The molecule has 0 saturated carbocycles. The molecule has 0 bridgehead atoms. The van der Waals surface area contributed by atoms with Crippen molar-refractivity contribution < 1.29 is 49.9 Å². The quantitative estimate of drug-likeness (QED) is 0.0798. The second-order valence-corrected chi connectivity index (χ2v) is 11.1. The topological polar surface area (TPSA) is 240 Å². The summed E-state index contributed by atoms with van der Waals surface area (Å²) in [6.45, 7) is 3.57. The normalized spacial score (nSPS) is 12.3. The van der Waals surface area contributed by atoms with Gasteiger partial charge in [0.2, 0.25) is 29.5 Å². The van der Waals surface area contributed by atoms with Crippen molar-refractivity contribution >= 4 is 41.9 Å². The van der Waals surface area contributed by atoms with Crippen molar-refractivity contribution in [3.8, 4) is 11.8 Å². The van der Waals surface area contributed by atoms with E-state index in [1.807, 2.05) is 0 Å². The van der Waals surface area contributed by atoms with E-state index < -0.39 is 54.1 Å². The van der Waals surface area contributed by atoms with E-state index in [1.54, 1.807) is 38.1 Å². The molecule has 0 aliphatic rings. The first kappa shape index (κ1) is 36.2. The monoisotopic (exact) mass is 661 g/mol. The smallest absolute Gasteiger partial charge is 0.333 e. The third-order valence-electron chi connectivity index (χ3n) is 6.91. The molecule has 0 aliphatic carbocycles. The van der Waals surface area contributed by atoms with Crippen LogP contribution < -0.4 is 31.8 Å². The van der Waals surface area contributed by atoms with Gasteiger partial charge in [0.1, 0.15) is 18.7 Å². The number of amides is 5. The van der Waals surface area contributed by atoms with Gasteiger partial charge in [0, 0.05) is 37.2 Å². The summed E-state index contributed by atoms with van der Waals surface area (Å²) in [5.74, 6) is -3.23. The number of carbonyl (C=O) groups excluding carboxylic acids is 6. The van der Waals surface area contributed by atoms with Crippen LogP contribution in [0.25, 0.3) is 0 Å². The Morgan fingerprint density at radius 3 is 2.15 bits per heavy atom. The second-order valence-electron chi connectivity index (χ2n) is 11.1. The van der Waals surface area contributed by atoms with Gasteiger partial charge in [-0.3, -0.25) is 19.2 Å². The van der Waals surface area contributed by atoms with Crippen LogP contribution in [0.5, 0.6) is 11.8 Å². The van der Waals surface area contributed by atoms with Gasteiger partial charge < -0.3 is 46.8 Å². The molecule has 1 aromatic carbocycles. The number of urea groups is 1. The number of nitrogens with zero attached hydrogens (tertiary/aromatic N) is 1. The number of rotatable bonds is 20. The zero-order valence-corrected chi connectivity index (χ0v) is 26.5. The molecule has 0 aliphatic heterocycles. The minimum absolute atomic E-state index is 0.0430. The molecule has 16 nitrogen and oxygen atoms in total. The standard InChI is InChI=1S/C31H44N6O10/c1-20(2)28(36-24(39)9-5-3-4-6-10-27(42)47-37-25(40)15-16-26(37)41)30(44)35-23(8-7-17-33-31(32)45)29(43)34-22-13-11-21(12-14-22)18-46-19-38/h11-16,19-20,23,28,40-41H,3-10,17-18H2,1-2H3,(H,34,43)(H,35,44)(H,36,39)(H3,32,33,45)/t23-,28-/m0/s1/i19D. The summed E-state index contributed by atoms with van der Waals surface area (Å²) in [7, 11) is 0. The summed E-state index contributed by atoms with van der Waals surface area (Å²) in [6.07, 6.45) is 1.66. The Balaban J connectivity index is 1.87. The number of aromatic nitrogens is 1. The number of hydrogen-bond donors (Lipinski definition) is 7. The number of hydrogen-bond acceptors (Lipinski definition) is 10. The number of nitrogens with one attached hydrogen (secondary N) is 4. The summed E-state index contributed by atoms with van der Waals surface area (Å²) < 4.78 is 12.1. The lowest BCUT2D eigenvalue weighted by atomic mass is 10.0. The number of benzene rings is 1. The van der Waals surface area contributed by atoms with Crippen LogP contribution in [0.15, 0.2) is 36.4 Å². The maximum Gasteiger partial charge on any atom is 0.333 e. The highest BCUT2D eigenvalue weighted by atomic mass is 16.7. The third-order valence-corrected chi connectivity index (χ3v) is 6.91. The van der Waals surface area contributed by atoms with Crippen LogP contribution in [0.1, 0.15) is 72.1 Å². The van der Waals surface area contributed by atoms with Crippen LogP contribution >= 0.6 is 0 Å². The predicted octanol–water partition coefficient (Wildman–Crippen LogP) is 1.58. The fraction of sp³-hybridized carbons (Fsp3) is 0.484. The Hall–Kier alpha value is -5.28. The number of anilines is 1. The van der Waals surface area contributed by atoms with Crippen molar-refractivity contribution in [1.82, 2.24) is 20.7 Å². The molecule has 1 heterocycles. The fourth-order valence-corrected chi connectivity index (χ4v) is 4.41. The molecule has 16 heteroatoms. The molecule has 8 N–H and O–H groups in total. The summed E-state index contributed by atoms with van der Waals surface area (Å²) in [6, 6.07) is 6.02. The lowest BCUT2D eigenvalue weighted by Crippen LogP contribution is -2.54. The molecule has 0 unspecified atom stereocenters. The van der Waals surface area contributed by atoms with E-state index >= 15 is 0 Å². The first-order valence-electron chi connectivity index (χ1n) is 15.7. The lowest BCUT2D eigenvalue weighted by molar-refractivity contribution is -0.145. The molecule has 0 radical (unpaired) electrons. The van der Waals surface area contributed by atoms with Crippen LogP contribution in [0.4, 0.5) is 10.5 Å². The highest BCUT2D eigenvalue weighted by Crippen LogP contribution is 2.19. The van der Waals surface area contributed by atoms with E-state index in [0.717, 1.165) is 0 Å². The van der Waals surface area contributed by atoms with Crippen molar-refractivity contribution in [2.24, 2.45) is 11.7 Å². The molecule has 0 spiro atoms. The number of nitrogens with two attached hydrogens (primary N) is 1.